The highest BCUT2D eigenvalue weighted by atomic mass is 16.3. The lowest BCUT2D eigenvalue weighted by molar-refractivity contribution is 0.603. The fraction of sp³-hybridized carbons (Fsp3) is 0. The fourth-order valence-corrected chi connectivity index (χ4v) is 7.06. The van der Waals surface area contributed by atoms with Gasteiger partial charge < -0.3 is 8.83 Å². The average Bonchev–Trinajstić information content (AvgIpc) is 3.79. The van der Waals surface area contributed by atoms with Crippen LogP contribution in [0.2, 0.25) is 0 Å². The van der Waals surface area contributed by atoms with Gasteiger partial charge in [0, 0.05) is 39.1 Å². The molecule has 0 saturated carbocycles. The van der Waals surface area contributed by atoms with Crippen molar-refractivity contribution in [1.82, 2.24) is 0 Å². The summed E-state index contributed by atoms with van der Waals surface area (Å²) in [4.78, 5) is 10.1. The van der Waals surface area contributed by atoms with Crippen LogP contribution < -0.4 is 0 Å². The zero-order valence-corrected chi connectivity index (χ0v) is 29.2. The number of rotatable bonds is 7. The number of hydrogen-bond donors (Lipinski definition) is 1. The molecule has 5 nitrogen and oxygen atoms in total. The predicted octanol–water partition coefficient (Wildman–Crippen LogP) is 12.9. The molecule has 0 fully saturated rings. The maximum Gasteiger partial charge on any atom is 0.162 e. The third kappa shape index (κ3) is 6.04. The first kappa shape index (κ1) is 32.5. The molecule has 2 heterocycles. The molecule has 0 spiro atoms. The van der Waals surface area contributed by atoms with Gasteiger partial charge in [0.05, 0.1) is 0 Å². The molecule has 0 radical (unpaired) electrons. The van der Waals surface area contributed by atoms with E-state index in [0.717, 1.165) is 66.3 Å². The molecule has 0 aliphatic heterocycles. The van der Waals surface area contributed by atoms with Crippen molar-refractivity contribution in [3.8, 4) is 22.3 Å². The van der Waals surface area contributed by atoms with Crippen LogP contribution >= 0.6 is 0 Å². The van der Waals surface area contributed by atoms with E-state index >= 15 is 0 Å². The van der Waals surface area contributed by atoms with Gasteiger partial charge in [-0.2, -0.15) is 0 Å². The summed E-state index contributed by atoms with van der Waals surface area (Å²) in [5.41, 5.74) is 8.72. The number of nitrogens with one attached hydrogen (secondary N) is 1. The Balaban J connectivity index is 1.19. The Morgan fingerprint density at radius 2 is 1.30 bits per heavy atom. The largest absolute Gasteiger partial charge is 0.456 e. The SMILES string of the molecule is C=C/C=C\c1oc2cccc(-c3ccccc3)c2c1C=NC(=NC(=N)c1ccc(-c2ccc3ccccc3c2)cc1)c1cccc2oc3ccccc3c12. The number of fused-ring (bicyclic) bond motifs is 5. The first-order chi connectivity index (χ1) is 26.6. The van der Waals surface area contributed by atoms with Gasteiger partial charge in [-0.05, 0) is 63.4 Å². The summed E-state index contributed by atoms with van der Waals surface area (Å²) in [5.74, 6) is 1.11. The molecule has 0 amide bonds. The molecule has 0 unspecified atom stereocenters. The molecule has 9 rings (SSSR count). The summed E-state index contributed by atoms with van der Waals surface area (Å²) in [6.07, 6.45) is 7.26. The van der Waals surface area contributed by atoms with Gasteiger partial charge in [-0.15, -0.1) is 0 Å². The lowest BCUT2D eigenvalue weighted by atomic mass is 9.98. The highest BCUT2D eigenvalue weighted by Crippen LogP contribution is 2.36. The zero-order valence-electron chi connectivity index (χ0n) is 29.2. The van der Waals surface area contributed by atoms with Gasteiger partial charge in [0.2, 0.25) is 0 Å². The van der Waals surface area contributed by atoms with Crippen LogP contribution in [0.25, 0.3) is 72.0 Å². The minimum atomic E-state index is 0.0887. The minimum absolute atomic E-state index is 0.0887. The van der Waals surface area contributed by atoms with Crippen molar-refractivity contribution in [2.24, 2.45) is 9.98 Å². The van der Waals surface area contributed by atoms with Crippen LogP contribution in [0.4, 0.5) is 0 Å². The van der Waals surface area contributed by atoms with Crippen LogP contribution in [0.1, 0.15) is 22.5 Å². The molecule has 0 bridgehead atoms. The minimum Gasteiger partial charge on any atom is -0.456 e. The average molecular weight is 696 g/mol. The second-order valence-electron chi connectivity index (χ2n) is 13.0. The van der Waals surface area contributed by atoms with Gasteiger partial charge in [0.15, 0.2) is 11.7 Å². The first-order valence-electron chi connectivity index (χ1n) is 17.8. The van der Waals surface area contributed by atoms with Crippen LogP contribution in [0, 0.1) is 5.41 Å². The Labute approximate surface area is 312 Å². The Morgan fingerprint density at radius 3 is 2.13 bits per heavy atom. The Bertz CT molecular complexity index is 2960. The summed E-state index contributed by atoms with van der Waals surface area (Å²) < 4.78 is 12.7. The molecule has 0 atom stereocenters. The molecular weight excluding hydrogens is 663 g/mol. The quantitative estimate of drug-likeness (QED) is 0.102. The maximum absolute atomic E-state index is 9.26. The molecule has 9 aromatic rings. The predicted molar refractivity (Wildman–Crippen MR) is 225 cm³/mol. The second kappa shape index (κ2) is 14.0. The number of allylic oxidation sites excluding steroid dienone is 2. The standard InChI is InChI=1S/C49H33N3O2/c1-2-3-20-43-41(46-38(18-11-22-44(46)54-43)34-14-5-4-6-15-34)31-51-49(40-19-12-23-45-47(40)39-17-9-10-21-42(39)53-45)52-48(50)35-27-24-33(25-28-35)37-29-26-32-13-7-8-16-36(32)30-37/h2-31,50H,1H2/b20-3-,50-48?,51-31?,52-49?. The van der Waals surface area contributed by atoms with E-state index < -0.39 is 0 Å². The van der Waals surface area contributed by atoms with Gasteiger partial charge in [-0.1, -0.05) is 152 Å². The van der Waals surface area contributed by atoms with E-state index in [-0.39, 0.29) is 5.84 Å². The van der Waals surface area contributed by atoms with E-state index in [1.807, 2.05) is 109 Å². The van der Waals surface area contributed by atoms with Crippen molar-refractivity contribution in [3.63, 3.8) is 0 Å². The van der Waals surface area contributed by atoms with Crippen LogP contribution in [0.5, 0.6) is 0 Å². The molecular formula is C49H33N3O2. The van der Waals surface area contributed by atoms with Crippen molar-refractivity contribution in [2.45, 2.75) is 0 Å². The normalized spacial score (nSPS) is 12.2. The van der Waals surface area contributed by atoms with E-state index in [2.05, 4.69) is 67.2 Å². The number of para-hydroxylation sites is 1. The summed E-state index contributed by atoms with van der Waals surface area (Å²) in [5, 5.41) is 14.4. The van der Waals surface area contributed by atoms with Crippen LogP contribution in [-0.4, -0.2) is 17.9 Å². The van der Waals surface area contributed by atoms with Crippen molar-refractivity contribution in [2.75, 3.05) is 0 Å². The number of aliphatic imine (C=N–C) groups is 2. The Morgan fingerprint density at radius 1 is 0.593 bits per heavy atom. The number of benzene rings is 7. The molecule has 0 saturated heterocycles. The third-order valence-corrected chi connectivity index (χ3v) is 9.67. The van der Waals surface area contributed by atoms with E-state index in [4.69, 9.17) is 18.8 Å². The van der Waals surface area contributed by atoms with Gasteiger partial charge in [-0.25, -0.2) is 9.98 Å². The highest BCUT2D eigenvalue weighted by molar-refractivity contribution is 6.23. The van der Waals surface area contributed by atoms with Crippen molar-refractivity contribution in [1.29, 1.82) is 5.41 Å². The van der Waals surface area contributed by atoms with E-state index in [0.29, 0.717) is 17.2 Å². The van der Waals surface area contributed by atoms with Crippen LogP contribution in [0.3, 0.4) is 0 Å². The number of amidine groups is 2. The topological polar surface area (TPSA) is 74.8 Å². The smallest absolute Gasteiger partial charge is 0.162 e. The van der Waals surface area contributed by atoms with Crippen LogP contribution in [0.15, 0.2) is 195 Å². The van der Waals surface area contributed by atoms with Crippen molar-refractivity contribution < 1.29 is 8.83 Å². The van der Waals surface area contributed by atoms with Crippen molar-refractivity contribution >= 4 is 67.6 Å². The Hall–Kier alpha value is -7.37. The van der Waals surface area contributed by atoms with E-state index in [1.165, 1.54) is 10.8 Å². The molecule has 54 heavy (non-hydrogen) atoms. The molecule has 0 aliphatic rings. The van der Waals surface area contributed by atoms with Gasteiger partial charge >= 0.3 is 0 Å². The van der Waals surface area contributed by atoms with Gasteiger partial charge in [0.25, 0.3) is 0 Å². The number of nitrogens with zero attached hydrogens (tertiary/aromatic N) is 2. The molecule has 1 N–H and O–H groups in total. The third-order valence-electron chi connectivity index (χ3n) is 9.67. The van der Waals surface area contributed by atoms with E-state index in [1.54, 1.807) is 12.3 Å². The lowest BCUT2D eigenvalue weighted by Crippen LogP contribution is -2.05. The Kier molecular flexibility index (Phi) is 8.42. The summed E-state index contributed by atoms with van der Waals surface area (Å²) in [6.45, 7) is 3.87. The summed E-state index contributed by atoms with van der Waals surface area (Å²) >= 11 is 0. The van der Waals surface area contributed by atoms with Gasteiger partial charge in [0.1, 0.15) is 22.5 Å². The monoisotopic (exact) mass is 695 g/mol. The summed E-state index contributed by atoms with van der Waals surface area (Å²) in [7, 11) is 0. The van der Waals surface area contributed by atoms with Gasteiger partial charge in [-0.3, -0.25) is 5.41 Å². The number of hydrogen-bond acceptors (Lipinski definition) is 3. The molecule has 2 aromatic heterocycles. The first-order valence-corrected chi connectivity index (χ1v) is 17.8. The second-order valence-corrected chi connectivity index (χ2v) is 13.0. The molecule has 7 aromatic carbocycles. The fourth-order valence-electron chi connectivity index (χ4n) is 7.06. The van der Waals surface area contributed by atoms with Crippen molar-refractivity contribution in [3.05, 3.63) is 199 Å². The molecule has 256 valence electrons. The molecule has 0 aliphatic carbocycles. The zero-order chi connectivity index (χ0) is 36.4. The highest BCUT2D eigenvalue weighted by Gasteiger charge is 2.19. The van der Waals surface area contributed by atoms with E-state index in [9.17, 15) is 5.41 Å². The summed E-state index contributed by atoms with van der Waals surface area (Å²) in [6, 6.07) is 52.9. The molecule has 5 heteroatoms. The maximum atomic E-state index is 9.26. The number of furan rings is 2. The lowest BCUT2D eigenvalue weighted by Gasteiger charge is -2.08. The van der Waals surface area contributed by atoms with Crippen LogP contribution in [-0.2, 0) is 0 Å².